The van der Waals surface area contributed by atoms with E-state index in [2.05, 4.69) is 12.1 Å². The zero-order valence-corrected chi connectivity index (χ0v) is 13.3. The van der Waals surface area contributed by atoms with Gasteiger partial charge >= 0.3 is 112 Å². The third-order valence-electron chi connectivity index (χ3n) is 2.45. The van der Waals surface area contributed by atoms with Gasteiger partial charge in [0.1, 0.15) is 0 Å². The van der Waals surface area contributed by atoms with E-state index in [9.17, 15) is 4.57 Å². The minimum absolute atomic E-state index is 0.469. The third-order valence-corrected chi connectivity index (χ3v) is 8.60. The molecule has 0 amide bonds. The standard InChI is InChI=1S/C12H15O3PTe/c1-12(2)11(9-16(13,14-3)15-12)17-10-7-5-4-6-8-10/h4-9H,1-3H3. The molecule has 1 aromatic rings. The van der Waals surface area contributed by atoms with Crippen LogP contribution in [0.3, 0.4) is 0 Å². The van der Waals surface area contributed by atoms with Crippen molar-refractivity contribution in [2.45, 2.75) is 19.4 Å². The Balaban J connectivity index is 2.26. The Morgan fingerprint density at radius 2 is 1.94 bits per heavy atom. The van der Waals surface area contributed by atoms with E-state index in [1.807, 2.05) is 32.0 Å². The summed E-state index contributed by atoms with van der Waals surface area (Å²) in [6.07, 6.45) is 0. The van der Waals surface area contributed by atoms with E-state index in [0.717, 1.165) is 3.62 Å². The van der Waals surface area contributed by atoms with Crippen molar-refractivity contribution in [3.8, 4) is 0 Å². The van der Waals surface area contributed by atoms with Crippen LogP contribution in [0.2, 0.25) is 0 Å². The molecule has 17 heavy (non-hydrogen) atoms. The van der Waals surface area contributed by atoms with E-state index in [0.29, 0.717) is 0 Å². The van der Waals surface area contributed by atoms with Gasteiger partial charge < -0.3 is 0 Å². The first-order chi connectivity index (χ1) is 7.95. The molecule has 2 rings (SSSR count). The van der Waals surface area contributed by atoms with Crippen molar-refractivity contribution in [2.75, 3.05) is 7.11 Å². The summed E-state index contributed by atoms with van der Waals surface area (Å²) in [5, 5.41) is 0. The number of hydrogen-bond acceptors (Lipinski definition) is 3. The average Bonchev–Trinajstić information content (AvgIpc) is 2.51. The van der Waals surface area contributed by atoms with E-state index in [1.54, 1.807) is 5.82 Å². The van der Waals surface area contributed by atoms with Crippen molar-refractivity contribution in [2.24, 2.45) is 0 Å². The Bertz CT molecular complexity index is 482. The van der Waals surface area contributed by atoms with Gasteiger partial charge in [0.05, 0.1) is 0 Å². The fourth-order valence-corrected chi connectivity index (χ4v) is 7.29. The second-order valence-corrected chi connectivity index (χ2v) is 9.30. The van der Waals surface area contributed by atoms with Crippen LogP contribution < -0.4 is 3.61 Å². The molecule has 3 nitrogen and oxygen atoms in total. The number of hydrogen-bond donors (Lipinski definition) is 0. The monoisotopic (exact) mass is 368 g/mol. The van der Waals surface area contributed by atoms with Gasteiger partial charge in [-0.3, -0.25) is 0 Å². The van der Waals surface area contributed by atoms with Crippen LogP contribution in [-0.4, -0.2) is 33.6 Å². The second-order valence-electron chi connectivity index (χ2n) is 4.23. The van der Waals surface area contributed by atoms with Gasteiger partial charge in [-0.1, -0.05) is 0 Å². The summed E-state index contributed by atoms with van der Waals surface area (Å²) in [4.78, 5) is 0. The molecule has 0 saturated carbocycles. The summed E-state index contributed by atoms with van der Waals surface area (Å²) in [7, 11) is -1.57. The Morgan fingerprint density at radius 1 is 1.29 bits per heavy atom. The van der Waals surface area contributed by atoms with Crippen LogP contribution in [0.25, 0.3) is 0 Å². The summed E-state index contributed by atoms with van der Waals surface area (Å²) in [6.45, 7) is 3.90. The normalized spacial score (nSPS) is 26.9. The van der Waals surface area contributed by atoms with Gasteiger partial charge in [-0.05, 0) is 0 Å². The van der Waals surface area contributed by atoms with Gasteiger partial charge in [0.2, 0.25) is 0 Å². The Labute approximate surface area is 112 Å². The van der Waals surface area contributed by atoms with Crippen molar-refractivity contribution in [1.82, 2.24) is 0 Å². The van der Waals surface area contributed by atoms with Crippen molar-refractivity contribution in [3.05, 3.63) is 39.8 Å². The average molecular weight is 366 g/mol. The molecule has 0 saturated heterocycles. The summed E-state index contributed by atoms with van der Waals surface area (Å²) in [5.41, 5.74) is -0.469. The summed E-state index contributed by atoms with van der Waals surface area (Å²) >= 11 is -0.546. The van der Waals surface area contributed by atoms with Crippen molar-refractivity contribution in [3.63, 3.8) is 0 Å². The van der Waals surface area contributed by atoms with Crippen LogP contribution >= 0.6 is 7.60 Å². The topological polar surface area (TPSA) is 35.5 Å². The van der Waals surface area contributed by atoms with Gasteiger partial charge in [-0.2, -0.15) is 0 Å². The molecule has 0 fully saturated rings. The third kappa shape index (κ3) is 3.02. The molecule has 1 aliphatic heterocycles. The van der Waals surface area contributed by atoms with Crippen LogP contribution in [0, 0.1) is 0 Å². The van der Waals surface area contributed by atoms with Gasteiger partial charge in [0.15, 0.2) is 0 Å². The molecule has 0 aromatic heterocycles. The quantitative estimate of drug-likeness (QED) is 0.610. The van der Waals surface area contributed by atoms with E-state index in [-0.39, 0.29) is 0 Å². The predicted molar refractivity (Wildman–Crippen MR) is 69.7 cm³/mol. The molecule has 0 bridgehead atoms. The van der Waals surface area contributed by atoms with Crippen LogP contribution in [0.1, 0.15) is 13.8 Å². The zero-order chi connectivity index (χ0) is 12.5. The van der Waals surface area contributed by atoms with Gasteiger partial charge in [-0.25, -0.2) is 0 Å². The van der Waals surface area contributed by atoms with Gasteiger partial charge in [0, 0.05) is 0 Å². The fourth-order valence-electron chi connectivity index (χ4n) is 1.54. The van der Waals surface area contributed by atoms with E-state index >= 15 is 0 Å². The summed E-state index contributed by atoms with van der Waals surface area (Å²) in [5.74, 6) is 1.71. The first kappa shape index (κ1) is 13.3. The fraction of sp³-hybridized carbons (Fsp3) is 0.333. The van der Waals surface area contributed by atoms with E-state index < -0.39 is 34.1 Å². The molecule has 0 spiro atoms. The van der Waals surface area contributed by atoms with E-state index in [1.165, 1.54) is 10.7 Å². The minimum atomic E-state index is -3.00. The molecule has 1 unspecified atom stereocenters. The van der Waals surface area contributed by atoms with Crippen LogP contribution in [0.15, 0.2) is 39.8 Å². The summed E-state index contributed by atoms with van der Waals surface area (Å²) < 4.78 is 25.1. The predicted octanol–water partition coefficient (Wildman–Crippen LogP) is 2.51. The van der Waals surface area contributed by atoms with Crippen molar-refractivity contribution < 1.29 is 13.6 Å². The van der Waals surface area contributed by atoms with Gasteiger partial charge in [-0.15, -0.1) is 0 Å². The first-order valence-corrected chi connectivity index (χ1v) is 9.22. The molecule has 0 radical (unpaired) electrons. The summed E-state index contributed by atoms with van der Waals surface area (Å²) in [6, 6.07) is 10.3. The van der Waals surface area contributed by atoms with Crippen molar-refractivity contribution >= 4 is 32.1 Å². The number of benzene rings is 1. The zero-order valence-electron chi connectivity index (χ0n) is 10.0. The molecule has 0 aliphatic carbocycles. The molecule has 1 atom stereocenters. The Morgan fingerprint density at radius 3 is 2.47 bits per heavy atom. The molecular formula is C12H15O3PTe. The molecule has 1 heterocycles. The van der Waals surface area contributed by atoms with Crippen LogP contribution in [0.5, 0.6) is 0 Å². The maximum atomic E-state index is 12.1. The molecule has 1 aliphatic rings. The first-order valence-electron chi connectivity index (χ1n) is 5.28. The molecular weight excluding hydrogens is 351 g/mol. The van der Waals surface area contributed by atoms with Crippen LogP contribution in [0.4, 0.5) is 0 Å². The Kier molecular flexibility index (Phi) is 3.83. The Hall–Kier alpha value is -0.100. The molecule has 0 N–H and O–H groups in total. The SMILES string of the molecule is COP1(=O)C=C([Te]c2ccccc2)C(C)(C)O1. The second kappa shape index (κ2) is 4.88. The van der Waals surface area contributed by atoms with E-state index in [4.69, 9.17) is 9.05 Å². The van der Waals surface area contributed by atoms with Gasteiger partial charge in [0.25, 0.3) is 0 Å². The maximum absolute atomic E-state index is 12.1. The molecule has 92 valence electrons. The van der Waals surface area contributed by atoms with Crippen LogP contribution in [-0.2, 0) is 13.6 Å². The van der Waals surface area contributed by atoms with Crippen molar-refractivity contribution in [1.29, 1.82) is 0 Å². The molecule has 5 heteroatoms. The molecule has 1 aromatic carbocycles. The number of rotatable bonds is 3.